The van der Waals surface area contributed by atoms with Crippen LogP contribution < -0.4 is 16.6 Å². The van der Waals surface area contributed by atoms with E-state index in [1.54, 1.807) is 10.9 Å². The zero-order valence-corrected chi connectivity index (χ0v) is 18.7. The predicted octanol–water partition coefficient (Wildman–Crippen LogP) is 2.23. The number of nitrogens with zero attached hydrogens (tertiary/aromatic N) is 4. The standard InChI is InChI=1S/C23H31N5O3/c1-16(2)10-11-26-15-25-21-20(26)22(30)28(14-19(29)24-12-17(3)4)23(31)27(21)13-18-8-6-5-7-9-18/h5-9,15-17H,10-14H2,1-4H3,(H,24,29). The molecule has 3 aromatic rings. The van der Waals surface area contributed by atoms with Crippen molar-refractivity contribution >= 4 is 17.1 Å². The smallest absolute Gasteiger partial charge is 0.333 e. The van der Waals surface area contributed by atoms with Crippen molar-refractivity contribution in [3.05, 3.63) is 63.1 Å². The summed E-state index contributed by atoms with van der Waals surface area (Å²) in [5, 5.41) is 2.78. The van der Waals surface area contributed by atoms with Crippen LogP contribution in [0.5, 0.6) is 0 Å². The number of benzene rings is 1. The molecule has 1 amide bonds. The molecule has 0 fully saturated rings. The van der Waals surface area contributed by atoms with E-state index < -0.39 is 11.2 Å². The summed E-state index contributed by atoms with van der Waals surface area (Å²) in [6, 6.07) is 9.53. The Labute approximate surface area is 181 Å². The summed E-state index contributed by atoms with van der Waals surface area (Å²) in [6.07, 6.45) is 2.48. The second kappa shape index (κ2) is 9.76. The van der Waals surface area contributed by atoms with Crippen molar-refractivity contribution in [2.24, 2.45) is 11.8 Å². The Kier molecular flexibility index (Phi) is 7.09. The molecule has 2 heterocycles. The Morgan fingerprint density at radius 1 is 1.03 bits per heavy atom. The Bertz CT molecular complexity index is 1160. The monoisotopic (exact) mass is 425 g/mol. The molecule has 0 aliphatic rings. The Balaban J connectivity index is 2.10. The van der Waals surface area contributed by atoms with E-state index in [1.165, 1.54) is 4.57 Å². The van der Waals surface area contributed by atoms with Crippen molar-refractivity contribution in [2.75, 3.05) is 6.54 Å². The molecule has 0 unspecified atom stereocenters. The maximum Gasteiger partial charge on any atom is 0.333 e. The molecule has 0 radical (unpaired) electrons. The van der Waals surface area contributed by atoms with Gasteiger partial charge >= 0.3 is 5.69 Å². The first-order valence-electron chi connectivity index (χ1n) is 10.8. The Morgan fingerprint density at radius 3 is 2.39 bits per heavy atom. The first kappa shape index (κ1) is 22.5. The SMILES string of the molecule is CC(C)CCn1cnc2c1c(=O)n(CC(=O)NCC(C)C)c(=O)n2Cc1ccccc1. The first-order valence-corrected chi connectivity index (χ1v) is 10.8. The maximum atomic E-state index is 13.3. The van der Waals surface area contributed by atoms with Gasteiger partial charge in [0.2, 0.25) is 5.91 Å². The van der Waals surface area contributed by atoms with Gasteiger partial charge in [0.05, 0.1) is 12.9 Å². The van der Waals surface area contributed by atoms with E-state index in [1.807, 2.05) is 44.2 Å². The van der Waals surface area contributed by atoms with Gasteiger partial charge in [-0.1, -0.05) is 58.0 Å². The molecule has 0 spiro atoms. The lowest BCUT2D eigenvalue weighted by Crippen LogP contribution is -2.44. The number of imidazole rings is 1. The lowest BCUT2D eigenvalue weighted by atomic mass is 10.1. The van der Waals surface area contributed by atoms with Gasteiger partial charge in [-0.25, -0.2) is 14.3 Å². The molecule has 1 N–H and O–H groups in total. The van der Waals surface area contributed by atoms with Crippen LogP contribution in [0.1, 0.15) is 39.7 Å². The molecule has 31 heavy (non-hydrogen) atoms. The van der Waals surface area contributed by atoms with E-state index in [4.69, 9.17) is 0 Å². The van der Waals surface area contributed by atoms with Crippen molar-refractivity contribution in [1.82, 2.24) is 24.0 Å². The largest absolute Gasteiger partial charge is 0.354 e. The topological polar surface area (TPSA) is 90.9 Å². The van der Waals surface area contributed by atoms with Crippen LogP contribution in [0.3, 0.4) is 0 Å². The van der Waals surface area contributed by atoms with E-state index >= 15 is 0 Å². The van der Waals surface area contributed by atoms with Crippen LogP contribution >= 0.6 is 0 Å². The third-order valence-corrected chi connectivity index (χ3v) is 5.12. The summed E-state index contributed by atoms with van der Waals surface area (Å²) in [6.45, 7) is 9.25. The lowest BCUT2D eigenvalue weighted by Gasteiger charge is -2.14. The first-order chi connectivity index (χ1) is 14.8. The van der Waals surface area contributed by atoms with Crippen LogP contribution in [0, 0.1) is 11.8 Å². The highest BCUT2D eigenvalue weighted by Crippen LogP contribution is 2.12. The normalized spacial score (nSPS) is 11.5. The van der Waals surface area contributed by atoms with Gasteiger partial charge in [-0.3, -0.25) is 14.2 Å². The van der Waals surface area contributed by atoms with E-state index in [9.17, 15) is 14.4 Å². The molecule has 0 saturated carbocycles. The number of aryl methyl sites for hydroxylation is 1. The lowest BCUT2D eigenvalue weighted by molar-refractivity contribution is -0.121. The minimum Gasteiger partial charge on any atom is -0.354 e. The van der Waals surface area contributed by atoms with Gasteiger partial charge in [-0.2, -0.15) is 0 Å². The molecule has 0 atom stereocenters. The highest BCUT2D eigenvalue weighted by atomic mass is 16.2. The number of hydrogen-bond donors (Lipinski definition) is 1. The van der Waals surface area contributed by atoms with Gasteiger partial charge in [0.1, 0.15) is 6.54 Å². The maximum absolute atomic E-state index is 13.3. The second-order valence-corrected chi connectivity index (χ2v) is 8.74. The van der Waals surface area contributed by atoms with Crippen LogP contribution in [0.2, 0.25) is 0 Å². The molecule has 0 aliphatic heterocycles. The average Bonchev–Trinajstić information content (AvgIpc) is 3.16. The third kappa shape index (κ3) is 5.31. The molecular formula is C23H31N5O3. The minimum atomic E-state index is -0.532. The molecule has 8 heteroatoms. The molecule has 1 aromatic carbocycles. The van der Waals surface area contributed by atoms with Gasteiger partial charge in [-0.15, -0.1) is 0 Å². The summed E-state index contributed by atoms with van der Waals surface area (Å²) in [7, 11) is 0. The number of carbonyl (C=O) groups is 1. The predicted molar refractivity (Wildman–Crippen MR) is 121 cm³/mol. The molecular weight excluding hydrogens is 394 g/mol. The van der Waals surface area contributed by atoms with Crippen molar-refractivity contribution < 1.29 is 4.79 Å². The summed E-state index contributed by atoms with van der Waals surface area (Å²) in [5.74, 6) is 0.374. The number of aromatic nitrogens is 4. The van der Waals surface area contributed by atoms with Gasteiger partial charge in [0.25, 0.3) is 5.56 Å². The fourth-order valence-corrected chi connectivity index (χ4v) is 3.37. The number of hydrogen-bond acceptors (Lipinski definition) is 4. The zero-order chi connectivity index (χ0) is 22.5. The summed E-state index contributed by atoms with van der Waals surface area (Å²) in [4.78, 5) is 43.3. The van der Waals surface area contributed by atoms with Crippen molar-refractivity contribution in [2.45, 2.75) is 53.8 Å². The van der Waals surface area contributed by atoms with Crippen molar-refractivity contribution in [3.63, 3.8) is 0 Å². The second-order valence-electron chi connectivity index (χ2n) is 8.74. The number of amides is 1. The van der Waals surface area contributed by atoms with Crippen LogP contribution in [0.4, 0.5) is 0 Å². The van der Waals surface area contributed by atoms with Gasteiger partial charge in [0, 0.05) is 13.1 Å². The van der Waals surface area contributed by atoms with E-state index in [2.05, 4.69) is 24.1 Å². The summed E-state index contributed by atoms with van der Waals surface area (Å²) >= 11 is 0. The Morgan fingerprint density at radius 2 is 1.74 bits per heavy atom. The van der Waals surface area contributed by atoms with Crippen LogP contribution in [0.15, 0.2) is 46.2 Å². The highest BCUT2D eigenvalue weighted by Gasteiger charge is 2.20. The molecule has 3 rings (SSSR count). The van der Waals surface area contributed by atoms with Crippen LogP contribution in [-0.4, -0.2) is 31.1 Å². The summed E-state index contributed by atoms with van der Waals surface area (Å²) in [5.41, 5.74) is 0.604. The summed E-state index contributed by atoms with van der Waals surface area (Å²) < 4.78 is 4.29. The molecule has 0 bridgehead atoms. The number of carbonyl (C=O) groups excluding carboxylic acids is 1. The molecule has 0 saturated heterocycles. The van der Waals surface area contributed by atoms with Crippen molar-refractivity contribution in [3.8, 4) is 0 Å². The van der Waals surface area contributed by atoms with E-state index in [-0.39, 0.29) is 24.9 Å². The van der Waals surface area contributed by atoms with Crippen LogP contribution in [0.25, 0.3) is 11.2 Å². The Hall–Kier alpha value is -3.16. The van der Waals surface area contributed by atoms with Crippen LogP contribution in [-0.2, 0) is 24.4 Å². The molecule has 2 aromatic heterocycles. The highest BCUT2D eigenvalue weighted by molar-refractivity contribution is 5.76. The van der Waals surface area contributed by atoms with Gasteiger partial charge in [0.15, 0.2) is 11.2 Å². The van der Waals surface area contributed by atoms with E-state index in [0.717, 1.165) is 16.6 Å². The number of nitrogens with one attached hydrogen (secondary N) is 1. The molecule has 0 aliphatic carbocycles. The number of rotatable bonds is 9. The minimum absolute atomic E-state index is 0.269. The average molecular weight is 426 g/mol. The fourth-order valence-electron chi connectivity index (χ4n) is 3.37. The molecule has 8 nitrogen and oxygen atoms in total. The van der Waals surface area contributed by atoms with Crippen molar-refractivity contribution in [1.29, 1.82) is 0 Å². The third-order valence-electron chi connectivity index (χ3n) is 5.12. The van der Waals surface area contributed by atoms with Gasteiger partial charge < -0.3 is 9.88 Å². The van der Waals surface area contributed by atoms with E-state index in [0.29, 0.717) is 30.2 Å². The van der Waals surface area contributed by atoms with Gasteiger partial charge in [-0.05, 0) is 23.8 Å². The zero-order valence-electron chi connectivity index (χ0n) is 18.7. The quantitative estimate of drug-likeness (QED) is 0.569. The fraction of sp³-hybridized carbons (Fsp3) is 0.478. The number of fused-ring (bicyclic) bond motifs is 1. The molecule has 166 valence electrons.